The Labute approximate surface area is 97.7 Å². The van der Waals surface area contributed by atoms with Gasteiger partial charge in [0.05, 0.1) is 11.7 Å². The first-order valence-corrected chi connectivity index (χ1v) is 6.09. The fourth-order valence-electron chi connectivity index (χ4n) is 2.47. The van der Waals surface area contributed by atoms with Crippen molar-refractivity contribution in [1.29, 1.82) is 0 Å². The van der Waals surface area contributed by atoms with E-state index in [1.165, 1.54) is 0 Å². The maximum Gasteiger partial charge on any atom is 0.0750 e. The zero-order valence-electron chi connectivity index (χ0n) is 9.99. The molecule has 1 aliphatic rings. The molecule has 6 heteroatoms. The number of hydrazine groups is 1. The van der Waals surface area contributed by atoms with E-state index in [2.05, 4.69) is 5.32 Å². The molecule has 1 fully saturated rings. The lowest BCUT2D eigenvalue weighted by molar-refractivity contribution is 0.00400. The zero-order valence-corrected chi connectivity index (χ0v) is 9.99. The number of hydrogen-bond donors (Lipinski definition) is 5. The normalized spacial score (nSPS) is 25.9. The molecule has 1 rings (SSSR count). The molecule has 1 saturated heterocycles. The summed E-state index contributed by atoms with van der Waals surface area (Å²) in [6.07, 6.45) is 3.63. The van der Waals surface area contributed by atoms with Crippen molar-refractivity contribution in [2.75, 3.05) is 26.2 Å². The predicted octanol–water partition coefficient (Wildman–Crippen LogP) is -1.73. The Balaban J connectivity index is 2.71. The molecule has 1 unspecified atom stereocenters. The van der Waals surface area contributed by atoms with Crippen molar-refractivity contribution in [2.24, 2.45) is 23.0 Å². The Morgan fingerprint density at radius 1 is 1.19 bits per heavy atom. The molecular formula is C10H26N6. The van der Waals surface area contributed by atoms with Gasteiger partial charge in [-0.3, -0.25) is 11.2 Å². The topological polar surface area (TPSA) is 119 Å². The van der Waals surface area contributed by atoms with Crippen LogP contribution in [0.1, 0.15) is 25.7 Å². The van der Waals surface area contributed by atoms with Gasteiger partial charge in [-0.05, 0) is 38.8 Å². The fourth-order valence-corrected chi connectivity index (χ4v) is 2.47. The molecule has 0 aromatic rings. The van der Waals surface area contributed by atoms with E-state index < -0.39 is 0 Å². The summed E-state index contributed by atoms with van der Waals surface area (Å²) in [6, 6.07) is 0. The molecule has 0 saturated carbocycles. The molecule has 1 heterocycles. The highest BCUT2D eigenvalue weighted by Gasteiger charge is 2.42. The van der Waals surface area contributed by atoms with Crippen molar-refractivity contribution in [3.63, 3.8) is 0 Å². The summed E-state index contributed by atoms with van der Waals surface area (Å²) in [7, 11) is 0. The molecule has 0 aromatic heterocycles. The van der Waals surface area contributed by atoms with Gasteiger partial charge in [-0.25, -0.2) is 5.01 Å². The SMILES string of the molecule is NCCCC1(CCCN)C(N)NCCN1N. The zero-order chi connectivity index (χ0) is 12.0. The van der Waals surface area contributed by atoms with E-state index in [4.69, 9.17) is 23.0 Å². The maximum absolute atomic E-state index is 6.17. The van der Waals surface area contributed by atoms with Crippen LogP contribution in [-0.2, 0) is 0 Å². The van der Waals surface area contributed by atoms with Crippen molar-refractivity contribution in [2.45, 2.75) is 37.4 Å². The number of piperazine rings is 1. The summed E-state index contributed by atoms with van der Waals surface area (Å²) >= 11 is 0. The number of nitrogens with two attached hydrogens (primary N) is 4. The fraction of sp³-hybridized carbons (Fsp3) is 1.00. The second-order valence-electron chi connectivity index (χ2n) is 4.51. The Morgan fingerprint density at radius 3 is 2.19 bits per heavy atom. The van der Waals surface area contributed by atoms with Gasteiger partial charge in [0.25, 0.3) is 0 Å². The Kier molecular flexibility index (Phi) is 5.60. The molecule has 9 N–H and O–H groups in total. The summed E-state index contributed by atoms with van der Waals surface area (Å²) in [6.45, 7) is 3.00. The molecule has 0 aromatic carbocycles. The third-order valence-electron chi connectivity index (χ3n) is 3.50. The Hall–Kier alpha value is -0.240. The molecule has 1 aliphatic heterocycles. The van der Waals surface area contributed by atoms with Gasteiger partial charge in [0, 0.05) is 13.1 Å². The van der Waals surface area contributed by atoms with Gasteiger partial charge in [0.2, 0.25) is 0 Å². The highest BCUT2D eigenvalue weighted by Crippen LogP contribution is 2.28. The van der Waals surface area contributed by atoms with Crippen LogP contribution in [0.25, 0.3) is 0 Å². The highest BCUT2D eigenvalue weighted by molar-refractivity contribution is 4.99. The summed E-state index contributed by atoms with van der Waals surface area (Å²) in [5.41, 5.74) is 17.1. The van der Waals surface area contributed by atoms with E-state index in [1.807, 2.05) is 5.01 Å². The lowest BCUT2D eigenvalue weighted by Crippen LogP contribution is -2.72. The van der Waals surface area contributed by atoms with E-state index in [0.29, 0.717) is 13.1 Å². The van der Waals surface area contributed by atoms with Gasteiger partial charge < -0.3 is 17.2 Å². The van der Waals surface area contributed by atoms with E-state index in [9.17, 15) is 0 Å². The smallest absolute Gasteiger partial charge is 0.0750 e. The number of hydrogen-bond acceptors (Lipinski definition) is 6. The average molecular weight is 230 g/mol. The van der Waals surface area contributed by atoms with Gasteiger partial charge in [-0.1, -0.05) is 0 Å². The van der Waals surface area contributed by atoms with Crippen LogP contribution >= 0.6 is 0 Å². The van der Waals surface area contributed by atoms with E-state index in [-0.39, 0.29) is 11.7 Å². The van der Waals surface area contributed by atoms with Crippen LogP contribution in [0, 0.1) is 0 Å². The van der Waals surface area contributed by atoms with Crippen LogP contribution in [0.2, 0.25) is 0 Å². The lowest BCUT2D eigenvalue weighted by Gasteiger charge is -2.49. The van der Waals surface area contributed by atoms with Crippen molar-refractivity contribution < 1.29 is 0 Å². The maximum atomic E-state index is 6.17. The van der Waals surface area contributed by atoms with Gasteiger partial charge in [-0.15, -0.1) is 0 Å². The molecule has 0 bridgehead atoms. The first-order chi connectivity index (χ1) is 7.67. The summed E-state index contributed by atoms with van der Waals surface area (Å²) in [5.74, 6) is 6.12. The van der Waals surface area contributed by atoms with Crippen molar-refractivity contribution in [3.05, 3.63) is 0 Å². The summed E-state index contributed by atoms with van der Waals surface area (Å²) in [5, 5.41) is 5.18. The molecule has 6 nitrogen and oxygen atoms in total. The van der Waals surface area contributed by atoms with Crippen molar-refractivity contribution in [3.8, 4) is 0 Å². The standard InChI is InChI=1S/C10H26N6/c11-5-1-3-10(4-2-6-12)9(13)15-7-8-16(10)14/h9,15H,1-8,11-14H2. The molecule has 0 radical (unpaired) electrons. The Morgan fingerprint density at radius 2 is 1.75 bits per heavy atom. The first-order valence-electron chi connectivity index (χ1n) is 6.09. The molecule has 0 spiro atoms. The van der Waals surface area contributed by atoms with Crippen LogP contribution in [0.3, 0.4) is 0 Å². The van der Waals surface area contributed by atoms with Gasteiger partial charge in [0.1, 0.15) is 0 Å². The van der Waals surface area contributed by atoms with Gasteiger partial charge >= 0.3 is 0 Å². The molecule has 0 aliphatic carbocycles. The largest absolute Gasteiger partial charge is 0.330 e. The molecule has 1 atom stereocenters. The summed E-state index contributed by atoms with van der Waals surface area (Å²) in [4.78, 5) is 0. The second-order valence-corrected chi connectivity index (χ2v) is 4.51. The minimum Gasteiger partial charge on any atom is -0.330 e. The quantitative estimate of drug-likeness (QED) is 0.346. The number of rotatable bonds is 6. The average Bonchev–Trinajstić information content (AvgIpc) is 2.28. The minimum atomic E-state index is -0.184. The van der Waals surface area contributed by atoms with E-state index in [1.54, 1.807) is 0 Å². The predicted molar refractivity (Wildman–Crippen MR) is 66.2 cm³/mol. The number of nitrogens with zero attached hydrogens (tertiary/aromatic N) is 1. The minimum absolute atomic E-state index is 0.0932. The van der Waals surface area contributed by atoms with Crippen LogP contribution < -0.4 is 28.4 Å². The summed E-state index contributed by atoms with van der Waals surface area (Å²) < 4.78 is 0. The van der Waals surface area contributed by atoms with Crippen molar-refractivity contribution >= 4 is 0 Å². The first kappa shape index (κ1) is 13.8. The highest BCUT2D eigenvalue weighted by atomic mass is 15.5. The third kappa shape index (κ3) is 2.91. The third-order valence-corrected chi connectivity index (χ3v) is 3.50. The molecule has 16 heavy (non-hydrogen) atoms. The van der Waals surface area contributed by atoms with E-state index >= 15 is 0 Å². The molecular weight excluding hydrogens is 204 g/mol. The van der Waals surface area contributed by atoms with E-state index in [0.717, 1.165) is 38.8 Å². The second kappa shape index (κ2) is 6.48. The monoisotopic (exact) mass is 230 g/mol. The Bertz CT molecular complexity index is 178. The molecule has 96 valence electrons. The van der Waals surface area contributed by atoms with Gasteiger partial charge in [-0.2, -0.15) is 0 Å². The van der Waals surface area contributed by atoms with Crippen LogP contribution in [0.5, 0.6) is 0 Å². The van der Waals surface area contributed by atoms with Gasteiger partial charge in [0.15, 0.2) is 0 Å². The van der Waals surface area contributed by atoms with Crippen LogP contribution in [0.15, 0.2) is 0 Å². The number of nitrogens with one attached hydrogen (secondary N) is 1. The van der Waals surface area contributed by atoms with Crippen LogP contribution in [0.4, 0.5) is 0 Å². The van der Waals surface area contributed by atoms with Crippen LogP contribution in [-0.4, -0.2) is 42.9 Å². The van der Waals surface area contributed by atoms with Crippen molar-refractivity contribution in [1.82, 2.24) is 10.3 Å². The lowest BCUT2D eigenvalue weighted by atomic mass is 9.83. The molecule has 0 amide bonds.